The van der Waals surface area contributed by atoms with Crippen molar-refractivity contribution in [1.29, 1.82) is 0 Å². The smallest absolute Gasteiger partial charge is 0.410 e. The zero-order valence-corrected chi connectivity index (χ0v) is 15.5. The van der Waals surface area contributed by atoms with Gasteiger partial charge < -0.3 is 24.1 Å². The number of nitrogens with one attached hydrogen (secondary N) is 1. The van der Waals surface area contributed by atoms with E-state index in [4.69, 9.17) is 13.9 Å². The van der Waals surface area contributed by atoms with E-state index < -0.39 is 5.60 Å². The van der Waals surface area contributed by atoms with Crippen LogP contribution in [0.1, 0.15) is 45.1 Å². The molecule has 2 rings (SSSR count). The maximum absolute atomic E-state index is 12.1. The van der Waals surface area contributed by atoms with E-state index in [9.17, 15) is 4.79 Å². The third-order valence-electron chi connectivity index (χ3n) is 4.30. The molecule has 0 spiro atoms. The van der Waals surface area contributed by atoms with E-state index in [0.29, 0.717) is 19.6 Å². The Balaban J connectivity index is 1.81. The molecular weight excluding hydrogens is 308 g/mol. The van der Waals surface area contributed by atoms with E-state index in [0.717, 1.165) is 30.9 Å². The van der Waals surface area contributed by atoms with Crippen molar-refractivity contribution in [2.45, 2.75) is 58.3 Å². The van der Waals surface area contributed by atoms with E-state index in [-0.39, 0.29) is 11.7 Å². The number of rotatable bonds is 5. The first-order valence-corrected chi connectivity index (χ1v) is 8.52. The maximum atomic E-state index is 12.1. The lowest BCUT2D eigenvalue weighted by molar-refractivity contribution is -0.0589. The predicted molar refractivity (Wildman–Crippen MR) is 91.9 cm³/mol. The van der Waals surface area contributed by atoms with Gasteiger partial charge in [-0.1, -0.05) is 0 Å². The summed E-state index contributed by atoms with van der Waals surface area (Å²) in [5.74, 6) is 1.84. The number of methoxy groups -OCH3 is 1. The molecule has 1 amide bonds. The van der Waals surface area contributed by atoms with Gasteiger partial charge in [0.15, 0.2) is 0 Å². The van der Waals surface area contributed by atoms with Gasteiger partial charge in [0.25, 0.3) is 0 Å². The highest BCUT2D eigenvalue weighted by molar-refractivity contribution is 5.68. The van der Waals surface area contributed by atoms with Crippen molar-refractivity contribution in [1.82, 2.24) is 10.2 Å². The number of aryl methyl sites for hydroxylation is 1. The molecule has 1 aromatic heterocycles. The maximum Gasteiger partial charge on any atom is 0.410 e. The molecule has 1 aliphatic heterocycles. The van der Waals surface area contributed by atoms with Gasteiger partial charge in [-0.05, 0) is 52.7 Å². The quantitative estimate of drug-likeness (QED) is 0.894. The summed E-state index contributed by atoms with van der Waals surface area (Å²) in [6.45, 7) is 10.3. The van der Waals surface area contributed by atoms with E-state index in [1.807, 2.05) is 39.8 Å². The molecule has 0 saturated carbocycles. The summed E-state index contributed by atoms with van der Waals surface area (Å²) in [7, 11) is 1.74. The van der Waals surface area contributed by atoms with Crippen molar-refractivity contribution in [2.75, 3.05) is 26.7 Å². The Kier molecular flexibility index (Phi) is 5.93. The topological polar surface area (TPSA) is 63.9 Å². The molecule has 1 N–H and O–H groups in total. The summed E-state index contributed by atoms with van der Waals surface area (Å²) >= 11 is 0. The fourth-order valence-electron chi connectivity index (χ4n) is 2.87. The Morgan fingerprint density at radius 3 is 2.50 bits per heavy atom. The molecule has 1 fully saturated rings. The van der Waals surface area contributed by atoms with Gasteiger partial charge in [0.1, 0.15) is 17.1 Å². The molecule has 136 valence electrons. The summed E-state index contributed by atoms with van der Waals surface area (Å²) in [6, 6.07) is 3.94. The second kappa shape index (κ2) is 7.57. The number of likely N-dealkylation sites (tertiary alicyclic amines) is 1. The van der Waals surface area contributed by atoms with Crippen LogP contribution < -0.4 is 5.32 Å². The molecule has 1 saturated heterocycles. The Morgan fingerprint density at radius 1 is 1.33 bits per heavy atom. The van der Waals surface area contributed by atoms with Gasteiger partial charge in [0, 0.05) is 26.7 Å². The molecule has 24 heavy (non-hydrogen) atoms. The third-order valence-corrected chi connectivity index (χ3v) is 4.30. The average Bonchev–Trinajstić information content (AvgIpc) is 2.91. The number of piperidine rings is 1. The van der Waals surface area contributed by atoms with Gasteiger partial charge in [-0.3, -0.25) is 0 Å². The molecule has 1 aliphatic rings. The number of hydrogen-bond acceptors (Lipinski definition) is 5. The van der Waals surface area contributed by atoms with Crippen molar-refractivity contribution in [2.24, 2.45) is 0 Å². The number of carbonyl (C=O) groups excluding carboxylic acids is 1. The minimum absolute atomic E-state index is 0.244. The second-order valence-corrected chi connectivity index (χ2v) is 7.47. The lowest BCUT2D eigenvalue weighted by atomic mass is 9.91. The van der Waals surface area contributed by atoms with E-state index in [2.05, 4.69) is 5.32 Å². The minimum atomic E-state index is -0.463. The summed E-state index contributed by atoms with van der Waals surface area (Å²) in [6.07, 6.45) is 1.33. The molecule has 6 heteroatoms. The van der Waals surface area contributed by atoms with Crippen LogP contribution in [0.25, 0.3) is 0 Å². The van der Waals surface area contributed by atoms with Gasteiger partial charge in [-0.2, -0.15) is 0 Å². The van der Waals surface area contributed by atoms with Crippen LogP contribution in [-0.2, 0) is 16.0 Å². The predicted octanol–water partition coefficient (Wildman–Crippen LogP) is 3.09. The van der Waals surface area contributed by atoms with E-state index in [1.165, 1.54) is 0 Å². The Morgan fingerprint density at radius 2 is 2.00 bits per heavy atom. The van der Waals surface area contributed by atoms with Crippen LogP contribution in [0.2, 0.25) is 0 Å². The lowest BCUT2D eigenvalue weighted by Crippen LogP contribution is -2.53. The van der Waals surface area contributed by atoms with Crippen molar-refractivity contribution in [3.8, 4) is 0 Å². The standard InChI is InChI=1S/C18H30N2O4/c1-14-6-7-15(23-14)12-19-13-18(22-5)8-10-20(11-9-18)16(21)24-17(2,3)4/h6-7,19H,8-13H2,1-5H3. The first-order chi connectivity index (χ1) is 11.2. The summed E-state index contributed by atoms with van der Waals surface area (Å²) in [5.41, 5.74) is -0.713. The highest BCUT2D eigenvalue weighted by Gasteiger charge is 2.37. The molecule has 0 radical (unpaired) electrons. The van der Waals surface area contributed by atoms with Crippen LogP contribution in [0.5, 0.6) is 0 Å². The van der Waals surface area contributed by atoms with Gasteiger partial charge >= 0.3 is 6.09 Å². The van der Waals surface area contributed by atoms with Crippen molar-refractivity contribution in [3.05, 3.63) is 23.7 Å². The van der Waals surface area contributed by atoms with Gasteiger partial charge in [0.05, 0.1) is 12.1 Å². The van der Waals surface area contributed by atoms with Crippen LogP contribution in [-0.4, -0.2) is 48.9 Å². The molecule has 0 bridgehead atoms. The summed E-state index contributed by atoms with van der Waals surface area (Å²) in [4.78, 5) is 13.9. The SMILES string of the molecule is COC1(CNCc2ccc(C)o2)CCN(C(=O)OC(C)(C)C)CC1. The fraction of sp³-hybridized carbons (Fsp3) is 0.722. The van der Waals surface area contributed by atoms with Crippen molar-refractivity contribution < 1.29 is 18.7 Å². The number of carbonyl (C=O) groups is 1. The molecule has 0 aliphatic carbocycles. The largest absolute Gasteiger partial charge is 0.465 e. The van der Waals surface area contributed by atoms with Crippen LogP contribution in [0, 0.1) is 6.92 Å². The average molecular weight is 338 g/mol. The van der Waals surface area contributed by atoms with E-state index in [1.54, 1.807) is 12.0 Å². The molecule has 0 atom stereocenters. The zero-order chi connectivity index (χ0) is 17.8. The third kappa shape index (κ3) is 5.24. The molecule has 0 aromatic carbocycles. The number of amides is 1. The second-order valence-electron chi connectivity index (χ2n) is 7.47. The first-order valence-electron chi connectivity index (χ1n) is 8.52. The van der Waals surface area contributed by atoms with Crippen LogP contribution in [0.3, 0.4) is 0 Å². The fourth-order valence-corrected chi connectivity index (χ4v) is 2.87. The Bertz CT molecular complexity index is 539. The molecule has 2 heterocycles. The molecule has 1 aromatic rings. The van der Waals surface area contributed by atoms with Crippen LogP contribution >= 0.6 is 0 Å². The normalized spacial score (nSPS) is 17.8. The molecule has 6 nitrogen and oxygen atoms in total. The van der Waals surface area contributed by atoms with Crippen LogP contribution in [0.15, 0.2) is 16.5 Å². The number of nitrogens with zero attached hydrogens (tertiary/aromatic N) is 1. The minimum Gasteiger partial charge on any atom is -0.465 e. The summed E-state index contributed by atoms with van der Waals surface area (Å²) in [5, 5.41) is 3.41. The van der Waals surface area contributed by atoms with Gasteiger partial charge in [0.2, 0.25) is 0 Å². The van der Waals surface area contributed by atoms with Gasteiger partial charge in [-0.25, -0.2) is 4.79 Å². The number of ether oxygens (including phenoxy) is 2. The van der Waals surface area contributed by atoms with Crippen molar-refractivity contribution in [3.63, 3.8) is 0 Å². The van der Waals surface area contributed by atoms with Crippen LogP contribution in [0.4, 0.5) is 4.79 Å². The van der Waals surface area contributed by atoms with E-state index >= 15 is 0 Å². The highest BCUT2D eigenvalue weighted by Crippen LogP contribution is 2.26. The Labute approximate surface area is 144 Å². The number of furan rings is 1. The van der Waals surface area contributed by atoms with Gasteiger partial charge in [-0.15, -0.1) is 0 Å². The lowest BCUT2D eigenvalue weighted by Gasteiger charge is -2.41. The highest BCUT2D eigenvalue weighted by atomic mass is 16.6. The first kappa shape index (κ1) is 18.8. The number of hydrogen-bond donors (Lipinski definition) is 1. The molecule has 0 unspecified atom stereocenters. The molecular formula is C18H30N2O4. The Hall–Kier alpha value is -1.53. The monoisotopic (exact) mass is 338 g/mol. The zero-order valence-electron chi connectivity index (χ0n) is 15.5. The summed E-state index contributed by atoms with van der Waals surface area (Å²) < 4.78 is 16.8. The van der Waals surface area contributed by atoms with Crippen molar-refractivity contribution >= 4 is 6.09 Å².